The number of hydrogen-bond acceptors (Lipinski definition) is 1. The van der Waals surface area contributed by atoms with E-state index in [9.17, 15) is 4.79 Å². The molecule has 2 nitrogen and oxygen atoms in total. The first-order valence-corrected chi connectivity index (χ1v) is 5.97. The number of aliphatic carboxylic acids is 1. The molecule has 6 radical (unpaired) electrons. The number of carboxylic acids is 1. The fourth-order valence-corrected chi connectivity index (χ4v) is 3.63. The van der Waals surface area contributed by atoms with Crippen LogP contribution >= 0.6 is 0 Å². The molecule has 2 aliphatic rings. The van der Waals surface area contributed by atoms with Crippen LogP contribution in [0.2, 0.25) is 0 Å². The molecule has 0 heterocycles. The van der Waals surface area contributed by atoms with Gasteiger partial charge in [0.1, 0.15) is 0 Å². The van der Waals surface area contributed by atoms with Gasteiger partial charge in [-0.3, -0.25) is 0 Å². The number of fused-ring (bicyclic) bond motifs is 1. The van der Waals surface area contributed by atoms with Crippen molar-refractivity contribution in [2.75, 3.05) is 0 Å². The molecule has 0 spiro atoms. The van der Waals surface area contributed by atoms with Gasteiger partial charge in [-0.1, -0.05) is 19.4 Å². The second kappa shape index (κ2) is 17.9. The van der Waals surface area contributed by atoms with Gasteiger partial charge in [0.2, 0.25) is 0 Å². The van der Waals surface area contributed by atoms with Crippen molar-refractivity contribution < 1.29 is 206 Å². The van der Waals surface area contributed by atoms with Crippen LogP contribution in [0.25, 0.3) is 0 Å². The summed E-state index contributed by atoms with van der Waals surface area (Å²) in [4.78, 5) is 10.8. The smallest absolute Gasteiger partial charge is 0.328 e. The Bertz CT molecular complexity index is 324. The van der Waals surface area contributed by atoms with E-state index in [1.807, 2.05) is 0 Å². The summed E-state index contributed by atoms with van der Waals surface area (Å²) in [5.74, 6) is 0.520. The third-order valence-corrected chi connectivity index (χ3v) is 4.75. The Morgan fingerprint density at radius 2 is 1.67 bits per heavy atom. The average molecular weight is 742 g/mol. The van der Waals surface area contributed by atoms with E-state index >= 15 is 0 Å². The van der Waals surface area contributed by atoms with Gasteiger partial charge in [-0.25, -0.2) is 4.79 Å². The van der Waals surface area contributed by atoms with Crippen LogP contribution in [0.4, 0.5) is 0 Å². The Morgan fingerprint density at radius 3 is 2.14 bits per heavy atom. The van der Waals surface area contributed by atoms with Crippen molar-refractivity contribution >= 4 is 5.97 Å². The maximum Gasteiger partial charge on any atom is 0.328 e. The van der Waals surface area contributed by atoms with Crippen LogP contribution < -0.4 is 0 Å². The Labute approximate surface area is 280 Å². The average Bonchev–Trinajstić information content (AvgIpc) is 2.43. The molecule has 2 fully saturated rings. The first kappa shape index (κ1) is 37.6. The zero-order valence-corrected chi connectivity index (χ0v) is 30.1. The summed E-state index contributed by atoms with van der Waals surface area (Å²) in [7, 11) is 0. The van der Waals surface area contributed by atoms with Gasteiger partial charge in [0.05, 0.1) is 0 Å². The fraction of sp³-hybridized carbons (Fsp3) is 0.769. The maximum atomic E-state index is 10.8. The van der Waals surface area contributed by atoms with Gasteiger partial charge in [0.25, 0.3) is 0 Å². The van der Waals surface area contributed by atoms with Gasteiger partial charge >= 0.3 is 5.97 Å². The van der Waals surface area contributed by atoms with E-state index in [-0.39, 0.29) is 196 Å². The van der Waals surface area contributed by atoms with Crippen molar-refractivity contribution in [3.63, 3.8) is 0 Å². The molecule has 0 aromatic rings. The van der Waals surface area contributed by atoms with E-state index in [0.717, 1.165) is 18.8 Å². The summed E-state index contributed by atoms with van der Waals surface area (Å²) in [5, 5.41) is 8.86. The Balaban J connectivity index is -0.000000142. The van der Waals surface area contributed by atoms with E-state index in [0.29, 0.717) is 11.3 Å². The normalized spacial score (nSPS) is 30.7. The van der Waals surface area contributed by atoms with Crippen molar-refractivity contribution in [1.29, 1.82) is 0 Å². The van der Waals surface area contributed by atoms with Crippen LogP contribution in [0.5, 0.6) is 0 Å². The molecule has 1 unspecified atom stereocenters. The van der Waals surface area contributed by atoms with Crippen molar-refractivity contribution in [3.8, 4) is 0 Å². The maximum absolute atomic E-state index is 10.8. The monoisotopic (exact) mass is 742 g/mol. The molecule has 0 aromatic heterocycles. The van der Waals surface area contributed by atoms with Crippen LogP contribution in [-0.4, -0.2) is 11.1 Å². The zero-order chi connectivity index (χ0) is 11.1. The molecule has 2 aliphatic carbocycles. The predicted molar refractivity (Wildman–Crippen MR) is 59.6 cm³/mol. The number of rotatable bonds is 1. The minimum Gasteiger partial charge on any atom is -0.478 e. The van der Waals surface area contributed by atoms with Crippen molar-refractivity contribution in [2.45, 2.75) is 46.0 Å². The topological polar surface area (TPSA) is 37.3 Å². The van der Waals surface area contributed by atoms with Gasteiger partial charge in [-0.2, -0.15) is 0 Å². The summed E-state index contributed by atoms with van der Waals surface area (Å²) in [6.07, 6.45) is 7.36. The second-order valence-electron chi connectivity index (χ2n) is 5.45. The predicted octanol–water partition coefficient (Wildman–Crippen LogP) is 3.22. The van der Waals surface area contributed by atoms with Gasteiger partial charge < -0.3 is 5.11 Å². The molecule has 102 valence electrons. The Kier molecular flexibility index (Phi) is 32.0. The quantitative estimate of drug-likeness (QED) is 0.420. The van der Waals surface area contributed by atoms with Gasteiger partial charge in [0.15, 0.2) is 0 Å². The van der Waals surface area contributed by atoms with Crippen molar-refractivity contribution in [2.24, 2.45) is 17.3 Å². The summed E-state index contributed by atoms with van der Waals surface area (Å²) >= 11 is 0. The molecule has 2 saturated carbocycles. The number of carbonyl (C=O) groups is 1. The molecule has 2 rings (SSSR count). The van der Waals surface area contributed by atoms with E-state index in [2.05, 4.69) is 13.8 Å². The number of carboxylic acid groups (broad SMARTS) is 1. The molecule has 0 saturated heterocycles. The Hall–Kier alpha value is 5.83. The standard InChI is InChI=1S/C13H20O2.6Y/c1-9-5-6-11-10(8-12(14)15)4-3-7-13(9,11)2;;;;;;/h8-9,11H,3-7H2,1-2H3,(H,14,15);;;;;;/t9?,11-,13+;;;;;;/m0....../s1. The van der Waals surface area contributed by atoms with Gasteiger partial charge in [-0.15, -0.1) is 0 Å². The van der Waals surface area contributed by atoms with Crippen molar-refractivity contribution in [3.05, 3.63) is 11.6 Å². The van der Waals surface area contributed by atoms with Crippen LogP contribution in [0.15, 0.2) is 11.6 Å². The first-order valence-electron chi connectivity index (χ1n) is 5.97. The minimum atomic E-state index is -0.770. The molecule has 1 N–H and O–H groups in total. The molecule has 0 aliphatic heterocycles. The fourth-order valence-electron chi connectivity index (χ4n) is 3.63. The first-order chi connectivity index (χ1) is 7.04. The van der Waals surface area contributed by atoms with Crippen molar-refractivity contribution in [1.82, 2.24) is 0 Å². The van der Waals surface area contributed by atoms with Crippen LogP contribution in [-0.2, 0) is 201 Å². The number of allylic oxidation sites excluding steroid dienone is 1. The van der Waals surface area contributed by atoms with Crippen LogP contribution in [0.1, 0.15) is 46.0 Å². The second-order valence-corrected chi connectivity index (χ2v) is 5.45. The van der Waals surface area contributed by atoms with Crippen LogP contribution in [0.3, 0.4) is 0 Å². The number of hydrogen-bond donors (Lipinski definition) is 1. The third kappa shape index (κ3) is 10.3. The minimum absolute atomic E-state index is 0. The Morgan fingerprint density at radius 1 is 1.14 bits per heavy atom. The summed E-state index contributed by atoms with van der Waals surface area (Å²) in [6.45, 7) is 4.67. The molecule has 0 aromatic carbocycles. The molecule has 21 heavy (non-hydrogen) atoms. The molecular formula is C13H20O2Y6. The van der Waals surface area contributed by atoms with E-state index in [1.54, 1.807) is 0 Å². The molecule has 0 amide bonds. The van der Waals surface area contributed by atoms with E-state index < -0.39 is 5.97 Å². The molecular weight excluding hydrogens is 722 g/mol. The van der Waals surface area contributed by atoms with Gasteiger partial charge in [-0.05, 0) is 49.4 Å². The zero-order valence-electron chi connectivity index (χ0n) is 13.1. The summed E-state index contributed by atoms with van der Waals surface area (Å²) in [5.41, 5.74) is 1.57. The van der Waals surface area contributed by atoms with Crippen LogP contribution in [0, 0.1) is 17.3 Å². The SMILES string of the molecule is CC1CC[C@H]2C(=CC(=O)O)CCC[C@]12C.[Y].[Y].[Y].[Y].[Y].[Y]. The molecule has 3 atom stereocenters. The van der Waals surface area contributed by atoms with E-state index in [4.69, 9.17) is 5.11 Å². The summed E-state index contributed by atoms with van der Waals surface area (Å²) < 4.78 is 0. The third-order valence-electron chi connectivity index (χ3n) is 4.75. The van der Waals surface area contributed by atoms with Gasteiger partial charge in [0, 0.05) is 202 Å². The summed E-state index contributed by atoms with van der Waals surface area (Å²) in [6, 6.07) is 0. The largest absolute Gasteiger partial charge is 0.478 e. The molecule has 8 heteroatoms. The van der Waals surface area contributed by atoms with E-state index in [1.165, 1.54) is 30.9 Å². The molecule has 0 bridgehead atoms.